The molecule has 0 fully saturated rings. The van der Waals surface area contributed by atoms with Crippen LogP contribution < -0.4 is 14.8 Å². The number of nitrogens with one attached hydrogen (secondary N) is 2. The SMILES string of the molecule is CC(C)(C)c1ccc2nc(Nc3cccnc3Oc3cccc(OC(F)(F)F)c3)[nH]c2c1. The zero-order chi connectivity index (χ0) is 22.9. The van der Waals surface area contributed by atoms with Crippen molar-refractivity contribution in [2.45, 2.75) is 32.5 Å². The molecule has 0 radical (unpaired) electrons. The van der Waals surface area contributed by atoms with Crippen LogP contribution in [0.1, 0.15) is 26.3 Å². The van der Waals surface area contributed by atoms with Crippen LogP contribution in [0.4, 0.5) is 24.8 Å². The monoisotopic (exact) mass is 442 g/mol. The van der Waals surface area contributed by atoms with Crippen molar-refractivity contribution in [3.8, 4) is 17.4 Å². The van der Waals surface area contributed by atoms with E-state index >= 15 is 0 Å². The Kier molecular flexibility index (Phi) is 5.41. The standard InChI is InChI=1S/C23H21F3N4O2/c1-22(2,3)14-9-10-17-19(12-14)30-21(28-17)29-18-8-5-11-27-20(18)31-15-6-4-7-16(13-15)32-23(24,25)26/h4-13H,1-3H3,(H2,28,29,30). The topological polar surface area (TPSA) is 72.1 Å². The van der Waals surface area contributed by atoms with Crippen LogP contribution in [0.25, 0.3) is 11.0 Å². The molecule has 0 bridgehead atoms. The summed E-state index contributed by atoms with van der Waals surface area (Å²) in [6.45, 7) is 6.41. The molecule has 2 heterocycles. The number of alkyl halides is 3. The number of pyridine rings is 1. The molecule has 0 aliphatic rings. The second kappa shape index (κ2) is 8.07. The second-order valence-corrected chi connectivity index (χ2v) is 8.17. The third kappa shape index (κ3) is 5.11. The first-order valence-electron chi connectivity index (χ1n) is 9.83. The molecule has 4 aromatic rings. The lowest BCUT2D eigenvalue weighted by Gasteiger charge is -2.18. The number of imidazole rings is 1. The number of benzene rings is 2. The number of nitrogens with zero attached hydrogens (tertiary/aromatic N) is 2. The van der Waals surface area contributed by atoms with E-state index in [0.717, 1.165) is 17.1 Å². The number of H-pyrrole nitrogens is 1. The van der Waals surface area contributed by atoms with Crippen molar-refractivity contribution < 1.29 is 22.6 Å². The predicted octanol–water partition coefficient (Wildman–Crippen LogP) is 6.69. The number of ether oxygens (including phenoxy) is 2. The molecular weight excluding hydrogens is 421 g/mol. The van der Waals surface area contributed by atoms with Gasteiger partial charge in [0.15, 0.2) is 0 Å². The van der Waals surface area contributed by atoms with Crippen LogP contribution >= 0.6 is 0 Å². The zero-order valence-electron chi connectivity index (χ0n) is 17.6. The van der Waals surface area contributed by atoms with Gasteiger partial charge in [0.05, 0.1) is 11.0 Å². The molecule has 0 unspecified atom stereocenters. The summed E-state index contributed by atoms with van der Waals surface area (Å²) < 4.78 is 47.1. The highest BCUT2D eigenvalue weighted by atomic mass is 19.4. The van der Waals surface area contributed by atoms with E-state index in [1.165, 1.54) is 30.0 Å². The van der Waals surface area contributed by atoms with Crippen LogP contribution in [-0.2, 0) is 5.41 Å². The van der Waals surface area contributed by atoms with Crippen molar-refractivity contribution in [3.05, 3.63) is 66.4 Å². The first kappa shape index (κ1) is 21.5. The average molecular weight is 442 g/mol. The molecule has 2 aromatic carbocycles. The molecule has 2 aromatic heterocycles. The van der Waals surface area contributed by atoms with Gasteiger partial charge in [-0.25, -0.2) is 9.97 Å². The van der Waals surface area contributed by atoms with Gasteiger partial charge in [0.2, 0.25) is 11.8 Å². The van der Waals surface area contributed by atoms with Gasteiger partial charge in [-0.2, -0.15) is 0 Å². The van der Waals surface area contributed by atoms with Crippen LogP contribution in [0.5, 0.6) is 17.4 Å². The van der Waals surface area contributed by atoms with Gasteiger partial charge >= 0.3 is 6.36 Å². The third-order valence-electron chi connectivity index (χ3n) is 4.63. The quantitative estimate of drug-likeness (QED) is 0.360. The second-order valence-electron chi connectivity index (χ2n) is 8.17. The number of aromatic nitrogens is 3. The average Bonchev–Trinajstić information content (AvgIpc) is 3.09. The summed E-state index contributed by atoms with van der Waals surface area (Å²) in [4.78, 5) is 12.0. The highest BCUT2D eigenvalue weighted by molar-refractivity contribution is 5.79. The normalized spacial score (nSPS) is 12.1. The van der Waals surface area contributed by atoms with Gasteiger partial charge in [0.25, 0.3) is 0 Å². The largest absolute Gasteiger partial charge is 0.573 e. The Morgan fingerprint density at radius 1 is 0.938 bits per heavy atom. The van der Waals surface area contributed by atoms with Crippen molar-refractivity contribution in [2.75, 3.05) is 5.32 Å². The fourth-order valence-electron chi connectivity index (χ4n) is 3.08. The fraction of sp³-hybridized carbons (Fsp3) is 0.217. The molecule has 4 rings (SSSR count). The Bertz CT molecular complexity index is 1250. The van der Waals surface area contributed by atoms with Gasteiger partial charge in [-0.05, 0) is 47.4 Å². The maximum atomic E-state index is 12.5. The molecule has 0 spiro atoms. The summed E-state index contributed by atoms with van der Waals surface area (Å²) >= 11 is 0. The lowest BCUT2D eigenvalue weighted by molar-refractivity contribution is -0.274. The minimum absolute atomic E-state index is 0.00160. The summed E-state index contributed by atoms with van der Waals surface area (Å²) in [5.74, 6) is 0.422. The maximum absolute atomic E-state index is 12.5. The number of aromatic amines is 1. The van der Waals surface area contributed by atoms with Crippen LogP contribution in [0.2, 0.25) is 0 Å². The van der Waals surface area contributed by atoms with E-state index in [-0.39, 0.29) is 22.8 Å². The zero-order valence-corrected chi connectivity index (χ0v) is 17.6. The van der Waals surface area contributed by atoms with E-state index < -0.39 is 6.36 Å². The summed E-state index contributed by atoms with van der Waals surface area (Å²) in [6, 6.07) is 14.7. The van der Waals surface area contributed by atoms with Gasteiger partial charge in [-0.3, -0.25) is 0 Å². The molecule has 0 aliphatic heterocycles. The van der Waals surface area contributed by atoms with E-state index in [1.54, 1.807) is 12.1 Å². The van der Waals surface area contributed by atoms with Crippen molar-refractivity contribution in [2.24, 2.45) is 0 Å². The minimum Gasteiger partial charge on any atom is -0.437 e. The Morgan fingerprint density at radius 3 is 2.47 bits per heavy atom. The molecule has 166 valence electrons. The van der Waals surface area contributed by atoms with Crippen molar-refractivity contribution in [3.63, 3.8) is 0 Å². The number of hydrogen-bond acceptors (Lipinski definition) is 5. The molecule has 6 nitrogen and oxygen atoms in total. The molecule has 0 atom stereocenters. The number of fused-ring (bicyclic) bond motifs is 1. The predicted molar refractivity (Wildman–Crippen MR) is 116 cm³/mol. The smallest absolute Gasteiger partial charge is 0.437 e. The van der Waals surface area contributed by atoms with Crippen LogP contribution in [0.3, 0.4) is 0 Å². The molecule has 0 saturated heterocycles. The summed E-state index contributed by atoms with van der Waals surface area (Å²) in [6.07, 6.45) is -3.27. The molecule has 0 aliphatic carbocycles. The van der Waals surface area contributed by atoms with Gasteiger partial charge in [0, 0.05) is 12.3 Å². The third-order valence-corrected chi connectivity index (χ3v) is 4.63. The lowest BCUT2D eigenvalue weighted by atomic mass is 9.87. The fourth-order valence-corrected chi connectivity index (χ4v) is 3.08. The van der Waals surface area contributed by atoms with E-state index in [2.05, 4.69) is 51.8 Å². The van der Waals surface area contributed by atoms with Gasteiger partial charge in [-0.15, -0.1) is 13.2 Å². The molecule has 2 N–H and O–H groups in total. The molecular formula is C23H21F3N4O2. The molecule has 0 saturated carbocycles. The van der Waals surface area contributed by atoms with E-state index in [4.69, 9.17) is 4.74 Å². The Balaban J connectivity index is 1.57. The number of hydrogen-bond donors (Lipinski definition) is 2. The van der Waals surface area contributed by atoms with Gasteiger partial charge in [-0.1, -0.05) is 32.9 Å². The Hall–Kier alpha value is -3.75. The first-order valence-corrected chi connectivity index (χ1v) is 9.83. The summed E-state index contributed by atoms with van der Waals surface area (Å²) in [5, 5.41) is 3.13. The molecule has 9 heteroatoms. The van der Waals surface area contributed by atoms with Crippen molar-refractivity contribution in [1.29, 1.82) is 0 Å². The lowest BCUT2D eigenvalue weighted by Crippen LogP contribution is -2.17. The van der Waals surface area contributed by atoms with E-state index in [1.807, 2.05) is 12.1 Å². The van der Waals surface area contributed by atoms with Gasteiger partial charge in [0.1, 0.15) is 17.2 Å². The van der Waals surface area contributed by atoms with Crippen LogP contribution in [0, 0.1) is 0 Å². The Labute approximate surface area is 182 Å². The number of anilines is 2. The van der Waals surface area contributed by atoms with Gasteiger partial charge < -0.3 is 19.8 Å². The van der Waals surface area contributed by atoms with Crippen LogP contribution in [0.15, 0.2) is 60.8 Å². The number of rotatable bonds is 5. The minimum atomic E-state index is -4.79. The maximum Gasteiger partial charge on any atom is 0.573 e. The molecule has 32 heavy (non-hydrogen) atoms. The van der Waals surface area contributed by atoms with Crippen LogP contribution in [-0.4, -0.2) is 21.3 Å². The van der Waals surface area contributed by atoms with Crippen molar-refractivity contribution >= 4 is 22.7 Å². The van der Waals surface area contributed by atoms with E-state index in [0.29, 0.717) is 11.6 Å². The summed E-state index contributed by atoms with van der Waals surface area (Å²) in [7, 11) is 0. The Morgan fingerprint density at radius 2 is 1.72 bits per heavy atom. The first-order chi connectivity index (χ1) is 15.1. The summed E-state index contributed by atoms with van der Waals surface area (Å²) in [5.41, 5.74) is 3.34. The molecule has 0 amide bonds. The van der Waals surface area contributed by atoms with Crippen molar-refractivity contribution in [1.82, 2.24) is 15.0 Å². The van der Waals surface area contributed by atoms with E-state index in [9.17, 15) is 13.2 Å². The highest BCUT2D eigenvalue weighted by Crippen LogP contribution is 2.33. The number of halogens is 3. The highest BCUT2D eigenvalue weighted by Gasteiger charge is 2.31.